The normalized spacial score (nSPS) is 15.7. The van der Waals surface area contributed by atoms with Crippen molar-refractivity contribution in [2.24, 2.45) is 5.92 Å². The molecule has 29 heavy (non-hydrogen) atoms. The number of nitrogens with zero attached hydrogens (tertiary/aromatic N) is 1. The Hall–Kier alpha value is -2.89. The summed E-state index contributed by atoms with van der Waals surface area (Å²) in [5, 5.41) is 0. The summed E-state index contributed by atoms with van der Waals surface area (Å²) in [6.45, 7) is 4.88. The van der Waals surface area contributed by atoms with Crippen LogP contribution in [0.5, 0.6) is 23.0 Å². The summed E-state index contributed by atoms with van der Waals surface area (Å²) in [7, 11) is 6.43. The van der Waals surface area contributed by atoms with Gasteiger partial charge in [-0.15, -0.1) is 0 Å². The highest BCUT2D eigenvalue weighted by molar-refractivity contribution is 5.95. The minimum absolute atomic E-state index is 0.0404. The molecule has 0 fully saturated rings. The number of fused-ring (bicyclic) bond motifs is 1. The van der Waals surface area contributed by atoms with E-state index in [-0.39, 0.29) is 17.9 Å². The largest absolute Gasteiger partial charge is 0.497 e. The Morgan fingerprint density at radius 2 is 1.48 bits per heavy atom. The Balaban J connectivity index is 2.04. The van der Waals surface area contributed by atoms with Gasteiger partial charge in [0.2, 0.25) is 0 Å². The molecular weight excluding hydrogens is 370 g/mol. The van der Waals surface area contributed by atoms with Crippen LogP contribution in [0.15, 0.2) is 30.3 Å². The number of amides is 1. The lowest BCUT2D eigenvalue weighted by Gasteiger charge is -2.40. The Labute approximate surface area is 172 Å². The highest BCUT2D eigenvalue weighted by atomic mass is 16.5. The second kappa shape index (κ2) is 8.64. The van der Waals surface area contributed by atoms with Crippen molar-refractivity contribution in [2.75, 3.05) is 35.0 Å². The Bertz CT molecular complexity index is 871. The molecule has 156 valence electrons. The van der Waals surface area contributed by atoms with Crippen molar-refractivity contribution < 1.29 is 23.7 Å². The molecule has 3 rings (SSSR count). The summed E-state index contributed by atoms with van der Waals surface area (Å²) in [6, 6.07) is 9.24. The van der Waals surface area contributed by atoms with E-state index in [0.717, 1.165) is 12.0 Å². The van der Waals surface area contributed by atoms with Crippen molar-refractivity contribution >= 4 is 5.91 Å². The van der Waals surface area contributed by atoms with Crippen LogP contribution in [0.2, 0.25) is 0 Å². The molecule has 0 saturated carbocycles. The van der Waals surface area contributed by atoms with Crippen molar-refractivity contribution in [3.05, 3.63) is 47.0 Å². The molecular formula is C23H29NO5. The quantitative estimate of drug-likeness (QED) is 0.731. The van der Waals surface area contributed by atoms with E-state index in [4.69, 9.17) is 18.9 Å². The predicted molar refractivity (Wildman–Crippen MR) is 111 cm³/mol. The fourth-order valence-electron chi connectivity index (χ4n) is 4.02. The van der Waals surface area contributed by atoms with E-state index in [2.05, 4.69) is 13.8 Å². The number of rotatable bonds is 6. The lowest BCUT2D eigenvalue weighted by atomic mass is 9.85. The van der Waals surface area contributed by atoms with Crippen LogP contribution in [0.25, 0.3) is 0 Å². The molecule has 6 heteroatoms. The predicted octanol–water partition coefficient (Wildman–Crippen LogP) is 4.12. The van der Waals surface area contributed by atoms with Crippen LogP contribution < -0.4 is 18.9 Å². The van der Waals surface area contributed by atoms with Gasteiger partial charge in [0.15, 0.2) is 11.5 Å². The zero-order valence-corrected chi connectivity index (χ0v) is 17.9. The van der Waals surface area contributed by atoms with Crippen LogP contribution in [0.1, 0.15) is 41.4 Å². The fourth-order valence-corrected chi connectivity index (χ4v) is 4.02. The average Bonchev–Trinajstić information content (AvgIpc) is 2.75. The van der Waals surface area contributed by atoms with Gasteiger partial charge in [-0.25, -0.2) is 0 Å². The van der Waals surface area contributed by atoms with Crippen LogP contribution >= 0.6 is 0 Å². The topological polar surface area (TPSA) is 57.2 Å². The number of hydrogen-bond acceptors (Lipinski definition) is 5. The third-order valence-corrected chi connectivity index (χ3v) is 5.41. The minimum Gasteiger partial charge on any atom is -0.497 e. The standard InChI is InChI=1S/C23H29NO5/c1-14(2)22-19-13-21(29-6)20(28-5)11-15(19)7-8-24(22)23(25)16-9-17(26-3)12-18(10-16)27-4/h9-14,22H,7-8H2,1-6H3/t22-/m0/s1. The summed E-state index contributed by atoms with van der Waals surface area (Å²) in [4.78, 5) is 15.4. The zero-order chi connectivity index (χ0) is 21.1. The first-order chi connectivity index (χ1) is 13.9. The van der Waals surface area contributed by atoms with Gasteiger partial charge in [0, 0.05) is 18.2 Å². The SMILES string of the molecule is COc1cc(OC)cc(C(=O)N2CCc3cc(OC)c(OC)cc3[C@@H]2C(C)C)c1. The van der Waals surface area contributed by atoms with Crippen LogP contribution in [0.3, 0.4) is 0 Å². The minimum atomic E-state index is -0.0664. The van der Waals surface area contributed by atoms with Gasteiger partial charge >= 0.3 is 0 Å². The van der Waals surface area contributed by atoms with Gasteiger partial charge in [-0.2, -0.15) is 0 Å². The first-order valence-electron chi connectivity index (χ1n) is 9.72. The number of ether oxygens (including phenoxy) is 4. The monoisotopic (exact) mass is 399 g/mol. The van der Waals surface area contributed by atoms with E-state index in [1.54, 1.807) is 46.6 Å². The van der Waals surface area contributed by atoms with Gasteiger partial charge in [0.25, 0.3) is 5.91 Å². The lowest BCUT2D eigenvalue weighted by Crippen LogP contribution is -2.42. The molecule has 1 aliphatic heterocycles. The molecule has 0 spiro atoms. The van der Waals surface area contributed by atoms with Crippen molar-refractivity contribution in [1.29, 1.82) is 0 Å². The molecule has 1 atom stereocenters. The smallest absolute Gasteiger partial charge is 0.254 e. The fraction of sp³-hybridized carbons (Fsp3) is 0.435. The molecule has 0 aliphatic carbocycles. The number of methoxy groups -OCH3 is 4. The molecule has 1 amide bonds. The van der Waals surface area contributed by atoms with Crippen molar-refractivity contribution in [3.8, 4) is 23.0 Å². The Kier molecular flexibility index (Phi) is 6.20. The molecule has 0 unspecified atom stereocenters. The molecule has 2 aromatic carbocycles. The zero-order valence-electron chi connectivity index (χ0n) is 17.9. The third kappa shape index (κ3) is 3.97. The van der Waals surface area contributed by atoms with E-state index in [0.29, 0.717) is 35.1 Å². The van der Waals surface area contributed by atoms with Crippen LogP contribution in [-0.4, -0.2) is 45.8 Å². The van der Waals surface area contributed by atoms with E-state index < -0.39 is 0 Å². The average molecular weight is 399 g/mol. The maximum Gasteiger partial charge on any atom is 0.254 e. The van der Waals surface area contributed by atoms with Crippen molar-refractivity contribution in [2.45, 2.75) is 26.3 Å². The van der Waals surface area contributed by atoms with Crippen LogP contribution in [0.4, 0.5) is 0 Å². The van der Waals surface area contributed by atoms with Gasteiger partial charge in [-0.3, -0.25) is 4.79 Å². The first kappa shape index (κ1) is 20.8. The van der Waals surface area contributed by atoms with Gasteiger partial charge in [0.05, 0.1) is 34.5 Å². The highest BCUT2D eigenvalue weighted by Gasteiger charge is 2.34. The molecule has 2 aromatic rings. The number of carbonyl (C=O) groups is 1. The Morgan fingerprint density at radius 3 is 2.00 bits per heavy atom. The second-order valence-electron chi connectivity index (χ2n) is 7.44. The molecule has 0 radical (unpaired) electrons. The third-order valence-electron chi connectivity index (χ3n) is 5.41. The van der Waals surface area contributed by atoms with Gasteiger partial charge in [-0.05, 0) is 47.7 Å². The molecule has 0 bridgehead atoms. The number of carbonyl (C=O) groups excluding carboxylic acids is 1. The molecule has 0 N–H and O–H groups in total. The molecule has 0 saturated heterocycles. The maximum absolute atomic E-state index is 13.5. The van der Waals surface area contributed by atoms with Gasteiger partial charge < -0.3 is 23.8 Å². The first-order valence-corrected chi connectivity index (χ1v) is 9.72. The number of benzene rings is 2. The van der Waals surface area contributed by atoms with E-state index in [1.807, 2.05) is 17.0 Å². The highest BCUT2D eigenvalue weighted by Crippen LogP contribution is 2.41. The van der Waals surface area contributed by atoms with Crippen molar-refractivity contribution in [3.63, 3.8) is 0 Å². The maximum atomic E-state index is 13.5. The number of hydrogen-bond donors (Lipinski definition) is 0. The molecule has 1 aliphatic rings. The van der Waals surface area contributed by atoms with E-state index in [1.165, 1.54) is 5.56 Å². The molecule has 0 aromatic heterocycles. The lowest BCUT2D eigenvalue weighted by molar-refractivity contribution is 0.0602. The summed E-state index contributed by atoms with van der Waals surface area (Å²) in [5.41, 5.74) is 2.84. The van der Waals surface area contributed by atoms with Gasteiger partial charge in [-0.1, -0.05) is 13.8 Å². The summed E-state index contributed by atoms with van der Waals surface area (Å²) in [6.07, 6.45) is 0.756. The van der Waals surface area contributed by atoms with Crippen LogP contribution in [0, 0.1) is 5.92 Å². The summed E-state index contributed by atoms with van der Waals surface area (Å²) in [5.74, 6) is 2.76. The van der Waals surface area contributed by atoms with Gasteiger partial charge in [0.1, 0.15) is 11.5 Å². The van der Waals surface area contributed by atoms with Crippen LogP contribution in [-0.2, 0) is 6.42 Å². The summed E-state index contributed by atoms with van der Waals surface area (Å²) >= 11 is 0. The van der Waals surface area contributed by atoms with Crippen molar-refractivity contribution in [1.82, 2.24) is 4.90 Å². The Morgan fingerprint density at radius 1 is 0.897 bits per heavy atom. The van der Waals surface area contributed by atoms with E-state index >= 15 is 0 Å². The molecule has 6 nitrogen and oxygen atoms in total. The summed E-state index contributed by atoms with van der Waals surface area (Å²) < 4.78 is 21.6. The van der Waals surface area contributed by atoms with E-state index in [9.17, 15) is 4.79 Å². The molecule has 1 heterocycles. The second-order valence-corrected chi connectivity index (χ2v) is 7.44.